The quantitative estimate of drug-likeness (QED) is 0.843. The third-order valence-corrected chi connectivity index (χ3v) is 2.50. The van der Waals surface area contributed by atoms with E-state index in [4.69, 9.17) is 22.6 Å². The van der Waals surface area contributed by atoms with E-state index in [9.17, 15) is 4.79 Å². The second-order valence-corrected chi connectivity index (χ2v) is 4.30. The molecule has 0 aliphatic rings. The summed E-state index contributed by atoms with van der Waals surface area (Å²) in [5, 5.41) is 12.2. The normalized spacial score (nSPS) is 10.6. The highest BCUT2D eigenvalue weighted by molar-refractivity contribution is 6.32. The van der Waals surface area contributed by atoms with Gasteiger partial charge < -0.3 is 11.1 Å². The van der Waals surface area contributed by atoms with Crippen molar-refractivity contribution in [2.24, 2.45) is 5.73 Å². The number of anilines is 1. The van der Waals surface area contributed by atoms with Crippen LogP contribution in [0.15, 0.2) is 18.2 Å². The highest BCUT2D eigenvalue weighted by atomic mass is 35.5. The fourth-order valence-corrected chi connectivity index (χ4v) is 1.36. The zero-order chi connectivity index (χ0) is 12.3. The second-order valence-electron chi connectivity index (χ2n) is 3.89. The molecule has 84 valence electrons. The van der Waals surface area contributed by atoms with E-state index in [-0.39, 0.29) is 0 Å². The summed E-state index contributed by atoms with van der Waals surface area (Å²) in [6.45, 7) is 3.27. The number of rotatable bonds is 3. The molecule has 0 aliphatic heterocycles. The summed E-state index contributed by atoms with van der Waals surface area (Å²) in [5.41, 5.74) is 5.10. The van der Waals surface area contributed by atoms with Gasteiger partial charge in [-0.1, -0.05) is 17.7 Å². The lowest BCUT2D eigenvalue weighted by atomic mass is 10.0. The highest BCUT2D eigenvalue weighted by Crippen LogP contribution is 2.25. The van der Waals surface area contributed by atoms with Crippen LogP contribution in [0.25, 0.3) is 0 Å². The Morgan fingerprint density at radius 1 is 1.56 bits per heavy atom. The number of hydrogen-bond donors (Lipinski definition) is 2. The number of primary amides is 1. The molecule has 0 aliphatic carbocycles. The molecule has 0 saturated heterocycles. The first-order valence-electron chi connectivity index (χ1n) is 4.65. The molecule has 0 saturated carbocycles. The topological polar surface area (TPSA) is 78.9 Å². The predicted molar refractivity (Wildman–Crippen MR) is 63.1 cm³/mol. The number of nitrogens with zero attached hydrogens (tertiary/aromatic N) is 1. The van der Waals surface area contributed by atoms with Gasteiger partial charge in [-0.25, -0.2) is 0 Å². The summed E-state index contributed by atoms with van der Waals surface area (Å²) in [6.07, 6.45) is 0. The largest absolute Gasteiger partial charge is 0.371 e. The van der Waals surface area contributed by atoms with E-state index >= 15 is 0 Å². The van der Waals surface area contributed by atoms with Crippen molar-refractivity contribution >= 4 is 23.2 Å². The Kier molecular flexibility index (Phi) is 3.41. The Balaban J connectivity index is 3.13. The molecular formula is C11H12ClN3O. The lowest BCUT2D eigenvalue weighted by Crippen LogP contribution is -2.45. The molecule has 0 radical (unpaired) electrons. The smallest absolute Gasteiger partial charge is 0.242 e. The predicted octanol–water partition coefficient (Wildman–Crippen LogP) is 1.89. The van der Waals surface area contributed by atoms with Crippen LogP contribution >= 0.6 is 11.6 Å². The number of halogens is 1. The van der Waals surface area contributed by atoms with Gasteiger partial charge in [0.1, 0.15) is 11.6 Å². The number of nitriles is 1. The standard InChI is InChI=1S/C11H12ClN3O/c1-11(2,10(14)16)15-9-5-3-4-8(12)7(9)6-13/h3-5,15H,1-2H3,(H2,14,16). The average Bonchev–Trinajstić information content (AvgIpc) is 2.17. The Hall–Kier alpha value is -1.73. The molecule has 0 spiro atoms. The maximum Gasteiger partial charge on any atom is 0.242 e. The molecule has 1 rings (SSSR count). The first-order valence-corrected chi connectivity index (χ1v) is 5.03. The first-order chi connectivity index (χ1) is 7.38. The fraction of sp³-hybridized carbons (Fsp3) is 0.273. The molecule has 0 fully saturated rings. The van der Waals surface area contributed by atoms with Crippen molar-refractivity contribution in [3.63, 3.8) is 0 Å². The van der Waals surface area contributed by atoms with E-state index in [1.54, 1.807) is 32.0 Å². The van der Waals surface area contributed by atoms with Crippen molar-refractivity contribution in [1.29, 1.82) is 5.26 Å². The Morgan fingerprint density at radius 2 is 2.19 bits per heavy atom. The monoisotopic (exact) mass is 237 g/mol. The second kappa shape index (κ2) is 4.42. The molecule has 0 bridgehead atoms. The van der Waals surface area contributed by atoms with Gasteiger partial charge in [0.05, 0.1) is 16.3 Å². The van der Waals surface area contributed by atoms with Crippen LogP contribution in [0.1, 0.15) is 19.4 Å². The molecule has 16 heavy (non-hydrogen) atoms. The minimum atomic E-state index is -0.934. The SMILES string of the molecule is CC(C)(Nc1cccc(Cl)c1C#N)C(N)=O. The third-order valence-electron chi connectivity index (χ3n) is 2.19. The van der Waals surface area contributed by atoms with Gasteiger partial charge in [-0.2, -0.15) is 5.26 Å². The van der Waals surface area contributed by atoms with Gasteiger partial charge in [0.15, 0.2) is 0 Å². The van der Waals surface area contributed by atoms with Crippen LogP contribution in [0.2, 0.25) is 5.02 Å². The van der Waals surface area contributed by atoms with Crippen LogP contribution in [-0.4, -0.2) is 11.4 Å². The zero-order valence-electron chi connectivity index (χ0n) is 9.04. The van der Waals surface area contributed by atoms with Crippen molar-refractivity contribution in [1.82, 2.24) is 0 Å². The third kappa shape index (κ3) is 2.44. The number of carbonyl (C=O) groups is 1. The average molecular weight is 238 g/mol. The van der Waals surface area contributed by atoms with E-state index in [2.05, 4.69) is 5.32 Å². The maximum absolute atomic E-state index is 11.2. The number of hydrogen-bond acceptors (Lipinski definition) is 3. The maximum atomic E-state index is 11.2. The van der Waals surface area contributed by atoms with Gasteiger partial charge in [-0.15, -0.1) is 0 Å². The Labute approximate surface area is 99.0 Å². The summed E-state index contributed by atoms with van der Waals surface area (Å²) in [6, 6.07) is 6.97. The number of carbonyl (C=O) groups excluding carboxylic acids is 1. The van der Waals surface area contributed by atoms with E-state index in [0.29, 0.717) is 16.3 Å². The molecule has 0 aromatic heterocycles. The van der Waals surface area contributed by atoms with Gasteiger partial charge >= 0.3 is 0 Å². The van der Waals surface area contributed by atoms with Crippen LogP contribution in [0.4, 0.5) is 5.69 Å². The van der Waals surface area contributed by atoms with E-state index in [1.165, 1.54) is 0 Å². The van der Waals surface area contributed by atoms with Gasteiger partial charge in [0.25, 0.3) is 0 Å². The minimum Gasteiger partial charge on any atom is -0.371 e. The molecule has 0 atom stereocenters. The van der Waals surface area contributed by atoms with Crippen molar-refractivity contribution in [2.75, 3.05) is 5.32 Å². The van der Waals surface area contributed by atoms with E-state index < -0.39 is 11.4 Å². The number of nitrogens with one attached hydrogen (secondary N) is 1. The number of benzene rings is 1. The van der Waals surface area contributed by atoms with E-state index in [0.717, 1.165) is 0 Å². The Morgan fingerprint density at radius 3 is 2.69 bits per heavy atom. The van der Waals surface area contributed by atoms with Crippen molar-refractivity contribution in [3.8, 4) is 6.07 Å². The van der Waals surface area contributed by atoms with Gasteiger partial charge in [0.2, 0.25) is 5.91 Å². The highest BCUT2D eigenvalue weighted by Gasteiger charge is 2.25. The van der Waals surface area contributed by atoms with Gasteiger partial charge in [-0.3, -0.25) is 4.79 Å². The fourth-order valence-electron chi connectivity index (χ4n) is 1.14. The molecule has 1 aromatic rings. The Bertz CT molecular complexity index is 463. The molecule has 1 amide bonds. The molecular weight excluding hydrogens is 226 g/mol. The minimum absolute atomic E-state index is 0.304. The number of amides is 1. The van der Waals surface area contributed by atoms with Crippen LogP contribution < -0.4 is 11.1 Å². The molecule has 1 aromatic carbocycles. The molecule has 5 heteroatoms. The van der Waals surface area contributed by atoms with Crippen molar-refractivity contribution in [2.45, 2.75) is 19.4 Å². The molecule has 0 unspecified atom stereocenters. The number of nitrogens with two attached hydrogens (primary N) is 1. The lowest BCUT2D eigenvalue weighted by Gasteiger charge is -2.24. The molecule has 0 heterocycles. The first kappa shape index (κ1) is 12.3. The van der Waals surface area contributed by atoms with Crippen LogP contribution in [-0.2, 0) is 4.79 Å². The van der Waals surface area contributed by atoms with Crippen LogP contribution in [0.5, 0.6) is 0 Å². The lowest BCUT2D eigenvalue weighted by molar-refractivity contribution is -0.121. The summed E-state index contributed by atoms with van der Waals surface area (Å²) in [5.74, 6) is -0.503. The molecule has 4 nitrogen and oxygen atoms in total. The zero-order valence-corrected chi connectivity index (χ0v) is 9.80. The molecule has 3 N–H and O–H groups in total. The van der Waals surface area contributed by atoms with Gasteiger partial charge in [0, 0.05) is 0 Å². The van der Waals surface area contributed by atoms with E-state index in [1.807, 2.05) is 6.07 Å². The summed E-state index contributed by atoms with van der Waals surface area (Å²) >= 11 is 5.86. The summed E-state index contributed by atoms with van der Waals surface area (Å²) < 4.78 is 0. The summed E-state index contributed by atoms with van der Waals surface area (Å²) in [7, 11) is 0. The van der Waals surface area contributed by atoms with Crippen molar-refractivity contribution in [3.05, 3.63) is 28.8 Å². The van der Waals surface area contributed by atoms with Crippen molar-refractivity contribution < 1.29 is 4.79 Å². The van der Waals surface area contributed by atoms with Crippen LogP contribution in [0, 0.1) is 11.3 Å². The van der Waals surface area contributed by atoms with Gasteiger partial charge in [-0.05, 0) is 26.0 Å². The summed E-state index contributed by atoms with van der Waals surface area (Å²) in [4.78, 5) is 11.2. The van der Waals surface area contributed by atoms with Crippen LogP contribution in [0.3, 0.4) is 0 Å².